The van der Waals surface area contributed by atoms with Crippen LogP contribution in [0.2, 0.25) is 0 Å². The number of carbonyl (C=O) groups excluding carboxylic acids is 1. The molecule has 0 radical (unpaired) electrons. The minimum atomic E-state index is -0.828. The molecule has 0 bridgehead atoms. The van der Waals surface area contributed by atoms with E-state index < -0.39 is 10.8 Å². The van der Waals surface area contributed by atoms with Crippen molar-refractivity contribution in [1.29, 1.82) is 0 Å². The van der Waals surface area contributed by atoms with Gasteiger partial charge in [-0.1, -0.05) is 29.3 Å². The second kappa shape index (κ2) is 4.27. The first-order chi connectivity index (χ1) is 7.63. The predicted molar refractivity (Wildman–Crippen MR) is 58.8 cm³/mol. The van der Waals surface area contributed by atoms with Crippen molar-refractivity contribution in [3.8, 4) is 0 Å². The first-order valence-corrected chi connectivity index (χ1v) is 5.23. The maximum Gasteiger partial charge on any atom is 0.356 e. The number of fused-ring (bicyclic) bond motifs is 1. The van der Waals surface area contributed by atoms with Crippen LogP contribution in [-0.2, 0) is 4.74 Å². The Morgan fingerprint density at radius 2 is 2.25 bits per heavy atom. The van der Waals surface area contributed by atoms with E-state index in [0.717, 1.165) is 0 Å². The predicted octanol–water partition coefficient (Wildman–Crippen LogP) is 1.99. The molecule has 0 aliphatic heterocycles. The zero-order chi connectivity index (χ0) is 11.7. The van der Waals surface area contributed by atoms with Crippen molar-refractivity contribution in [2.75, 3.05) is 7.11 Å². The van der Waals surface area contributed by atoms with E-state index in [1.807, 2.05) is 0 Å². The molecule has 0 spiro atoms. The summed E-state index contributed by atoms with van der Waals surface area (Å²) in [7, 11) is 1.30. The first kappa shape index (κ1) is 11.2. The molecule has 0 unspecified atom stereocenters. The molecule has 0 aliphatic carbocycles. The molecule has 5 nitrogen and oxygen atoms in total. The van der Waals surface area contributed by atoms with Crippen LogP contribution in [-0.4, -0.2) is 27.7 Å². The summed E-state index contributed by atoms with van der Waals surface area (Å²) in [6.45, 7) is 0. The Morgan fingerprint density at radius 3 is 2.88 bits per heavy atom. The Bertz CT molecular complexity index is 539. The third-order valence-electron chi connectivity index (χ3n) is 1.97. The summed E-state index contributed by atoms with van der Waals surface area (Å²) in [6, 6.07) is 4.95. The summed E-state index contributed by atoms with van der Waals surface area (Å²) in [4.78, 5) is 14.7. The fourth-order valence-electron chi connectivity index (χ4n) is 1.27. The Labute approximate surface area is 101 Å². The van der Waals surface area contributed by atoms with Crippen molar-refractivity contribution in [3.05, 3.63) is 29.7 Å². The Kier molecular flexibility index (Phi) is 2.98. The molecule has 16 heavy (non-hydrogen) atoms. The van der Waals surface area contributed by atoms with Gasteiger partial charge in [-0.05, 0) is 12.1 Å². The maximum absolute atomic E-state index is 11.4. The molecule has 0 aromatic carbocycles. The molecule has 2 aromatic rings. The van der Waals surface area contributed by atoms with E-state index in [0.29, 0.717) is 5.65 Å². The molecule has 0 aliphatic rings. The Morgan fingerprint density at radius 1 is 1.50 bits per heavy atom. The normalized spacial score (nSPS) is 11.0. The second-order valence-electron chi connectivity index (χ2n) is 2.94. The lowest BCUT2D eigenvalue weighted by atomic mass is 10.3. The number of hydrogen-bond donors (Lipinski definition) is 0. The first-order valence-electron chi connectivity index (χ1n) is 4.35. The van der Waals surface area contributed by atoms with Crippen LogP contribution in [0.4, 0.5) is 0 Å². The zero-order valence-corrected chi connectivity index (χ0v) is 9.74. The van der Waals surface area contributed by atoms with Gasteiger partial charge in [0.1, 0.15) is 0 Å². The summed E-state index contributed by atoms with van der Waals surface area (Å²) < 4.78 is 5.97. The van der Waals surface area contributed by atoms with Crippen molar-refractivity contribution in [2.24, 2.45) is 0 Å². The SMILES string of the molecule is COC(=O)c1cccc2nc(C(Cl)Cl)nn12. The minimum Gasteiger partial charge on any atom is -0.464 e. The largest absolute Gasteiger partial charge is 0.464 e. The Hall–Kier alpha value is -1.33. The number of esters is 1. The van der Waals surface area contributed by atoms with E-state index in [-0.39, 0.29) is 11.5 Å². The van der Waals surface area contributed by atoms with Gasteiger partial charge in [-0.3, -0.25) is 0 Å². The number of halogens is 2. The highest BCUT2D eigenvalue weighted by Crippen LogP contribution is 2.22. The van der Waals surface area contributed by atoms with Crippen LogP contribution in [0.3, 0.4) is 0 Å². The summed E-state index contributed by atoms with van der Waals surface area (Å²) in [6.07, 6.45) is 0. The fourth-order valence-corrected chi connectivity index (χ4v) is 1.46. The van der Waals surface area contributed by atoms with Crippen molar-refractivity contribution in [3.63, 3.8) is 0 Å². The van der Waals surface area contributed by atoms with E-state index in [2.05, 4.69) is 14.8 Å². The monoisotopic (exact) mass is 259 g/mol. The van der Waals surface area contributed by atoms with Gasteiger partial charge in [0.15, 0.2) is 22.0 Å². The van der Waals surface area contributed by atoms with Gasteiger partial charge in [-0.25, -0.2) is 14.3 Å². The van der Waals surface area contributed by atoms with Crippen molar-refractivity contribution >= 4 is 34.8 Å². The van der Waals surface area contributed by atoms with Gasteiger partial charge in [0.05, 0.1) is 7.11 Å². The van der Waals surface area contributed by atoms with Crippen LogP contribution in [0.25, 0.3) is 5.65 Å². The molecular formula is C9H7Cl2N3O2. The number of ether oxygens (including phenoxy) is 1. The van der Waals surface area contributed by atoms with Gasteiger partial charge in [0.2, 0.25) is 0 Å². The van der Waals surface area contributed by atoms with E-state index >= 15 is 0 Å². The molecule has 0 atom stereocenters. The van der Waals surface area contributed by atoms with E-state index in [1.54, 1.807) is 18.2 Å². The number of carbonyl (C=O) groups is 1. The number of hydrogen-bond acceptors (Lipinski definition) is 4. The van der Waals surface area contributed by atoms with Crippen molar-refractivity contribution in [1.82, 2.24) is 14.6 Å². The molecule has 2 heterocycles. The lowest BCUT2D eigenvalue weighted by Crippen LogP contribution is -2.08. The molecule has 0 saturated heterocycles. The molecule has 2 rings (SSSR count). The smallest absolute Gasteiger partial charge is 0.356 e. The standard InChI is InChI=1S/C9H7Cl2N3O2/c1-16-9(15)5-3-2-4-6-12-8(7(10)11)13-14(5)6/h2-4,7H,1H3. The van der Waals surface area contributed by atoms with Crippen LogP contribution in [0.15, 0.2) is 18.2 Å². The topological polar surface area (TPSA) is 56.5 Å². The molecule has 0 saturated carbocycles. The maximum atomic E-state index is 11.4. The van der Waals surface area contributed by atoms with Crippen LogP contribution in [0.1, 0.15) is 21.1 Å². The molecule has 0 amide bonds. The van der Waals surface area contributed by atoms with Gasteiger partial charge in [-0.2, -0.15) is 0 Å². The number of methoxy groups -OCH3 is 1. The van der Waals surface area contributed by atoms with Gasteiger partial charge in [-0.15, -0.1) is 5.10 Å². The van der Waals surface area contributed by atoms with E-state index in [4.69, 9.17) is 23.2 Å². The van der Waals surface area contributed by atoms with Crippen LogP contribution >= 0.6 is 23.2 Å². The molecule has 2 aromatic heterocycles. The Balaban J connectivity index is 2.63. The van der Waals surface area contributed by atoms with Gasteiger partial charge in [0, 0.05) is 0 Å². The van der Waals surface area contributed by atoms with Crippen molar-refractivity contribution in [2.45, 2.75) is 4.84 Å². The highest BCUT2D eigenvalue weighted by molar-refractivity contribution is 6.43. The number of aromatic nitrogens is 3. The highest BCUT2D eigenvalue weighted by atomic mass is 35.5. The summed E-state index contributed by atoms with van der Waals surface area (Å²) in [5.74, 6) is -0.248. The molecule has 7 heteroatoms. The number of nitrogens with zero attached hydrogens (tertiary/aromatic N) is 3. The van der Waals surface area contributed by atoms with Crippen molar-refractivity contribution < 1.29 is 9.53 Å². The van der Waals surface area contributed by atoms with Crippen LogP contribution < -0.4 is 0 Å². The van der Waals surface area contributed by atoms with Gasteiger partial charge < -0.3 is 4.74 Å². The minimum absolute atomic E-state index is 0.250. The fraction of sp³-hybridized carbons (Fsp3) is 0.222. The molecule has 84 valence electrons. The van der Waals surface area contributed by atoms with Gasteiger partial charge in [0.25, 0.3) is 0 Å². The van der Waals surface area contributed by atoms with Crippen LogP contribution in [0.5, 0.6) is 0 Å². The highest BCUT2D eigenvalue weighted by Gasteiger charge is 2.16. The second-order valence-corrected chi connectivity index (χ2v) is 4.04. The van der Waals surface area contributed by atoms with Crippen LogP contribution in [0, 0.1) is 0 Å². The van der Waals surface area contributed by atoms with E-state index in [1.165, 1.54) is 11.6 Å². The molecular weight excluding hydrogens is 253 g/mol. The quantitative estimate of drug-likeness (QED) is 0.612. The van der Waals surface area contributed by atoms with E-state index in [9.17, 15) is 4.79 Å². The number of pyridine rings is 1. The molecule has 0 fully saturated rings. The average Bonchev–Trinajstić information content (AvgIpc) is 2.71. The van der Waals surface area contributed by atoms with Gasteiger partial charge >= 0.3 is 5.97 Å². The summed E-state index contributed by atoms with van der Waals surface area (Å²) in [5, 5.41) is 4.02. The molecule has 0 N–H and O–H groups in total. The number of alkyl halides is 2. The zero-order valence-electron chi connectivity index (χ0n) is 8.22. The third-order valence-corrected chi connectivity index (χ3v) is 2.36. The summed E-state index contributed by atoms with van der Waals surface area (Å²) in [5.41, 5.74) is 0.761. The third kappa shape index (κ3) is 1.83. The summed E-state index contributed by atoms with van der Waals surface area (Å²) >= 11 is 11.3. The lowest BCUT2D eigenvalue weighted by molar-refractivity contribution is 0.0591. The average molecular weight is 260 g/mol. The lowest BCUT2D eigenvalue weighted by Gasteiger charge is -2.00. The number of rotatable bonds is 2.